The fourth-order valence-corrected chi connectivity index (χ4v) is 1.28. The Morgan fingerprint density at radius 2 is 2.19 bits per heavy atom. The lowest BCUT2D eigenvalue weighted by Gasteiger charge is -2.17. The Kier molecular flexibility index (Phi) is 4.28. The number of nitrogens with zero attached hydrogens (tertiary/aromatic N) is 1. The van der Waals surface area contributed by atoms with E-state index >= 15 is 0 Å². The maximum Gasteiger partial charge on any atom is 0.255 e. The van der Waals surface area contributed by atoms with E-state index in [1.807, 2.05) is 0 Å². The summed E-state index contributed by atoms with van der Waals surface area (Å²) in [6.45, 7) is 0. The van der Waals surface area contributed by atoms with Crippen LogP contribution in [0, 0.1) is 0 Å². The number of ether oxygens (including phenoxy) is 1. The summed E-state index contributed by atoms with van der Waals surface area (Å²) < 4.78 is 5.07. The average Bonchev–Trinajstić information content (AvgIpc) is 2.27. The molecule has 1 aromatic rings. The molecule has 0 aliphatic heterocycles. The minimum atomic E-state index is -0.697. The standard InChI is InChI=1S/C11H17N3O2/c1-14(2)13-11(15)10(12)8-5-4-6-9(7-8)16-3/h4-7,10H,12H2,1-3H3,(H,13,15). The van der Waals surface area contributed by atoms with Crippen LogP contribution < -0.4 is 15.9 Å². The van der Waals surface area contributed by atoms with Crippen LogP contribution in [0.1, 0.15) is 11.6 Å². The fraction of sp³-hybridized carbons (Fsp3) is 0.364. The molecule has 0 saturated heterocycles. The van der Waals surface area contributed by atoms with Crippen molar-refractivity contribution in [2.24, 2.45) is 5.73 Å². The van der Waals surface area contributed by atoms with Crippen molar-refractivity contribution < 1.29 is 9.53 Å². The first-order valence-corrected chi connectivity index (χ1v) is 4.92. The van der Waals surface area contributed by atoms with Gasteiger partial charge in [-0.25, -0.2) is 5.01 Å². The molecular formula is C11H17N3O2. The lowest BCUT2D eigenvalue weighted by atomic mass is 10.1. The summed E-state index contributed by atoms with van der Waals surface area (Å²) in [7, 11) is 5.04. The third kappa shape index (κ3) is 3.22. The van der Waals surface area contributed by atoms with Gasteiger partial charge in [-0.05, 0) is 17.7 Å². The summed E-state index contributed by atoms with van der Waals surface area (Å²) in [5.74, 6) is 0.434. The molecular weight excluding hydrogens is 206 g/mol. The maximum atomic E-state index is 11.6. The number of methoxy groups -OCH3 is 1. The van der Waals surface area contributed by atoms with E-state index in [1.54, 1.807) is 50.5 Å². The SMILES string of the molecule is COc1cccc(C(N)C(=O)NN(C)C)c1. The number of rotatable bonds is 4. The highest BCUT2D eigenvalue weighted by atomic mass is 16.5. The van der Waals surface area contributed by atoms with Gasteiger partial charge in [0.15, 0.2) is 0 Å². The molecule has 5 nitrogen and oxygen atoms in total. The van der Waals surface area contributed by atoms with Crippen molar-refractivity contribution in [3.8, 4) is 5.75 Å². The van der Waals surface area contributed by atoms with Gasteiger partial charge in [0.1, 0.15) is 11.8 Å². The Morgan fingerprint density at radius 3 is 2.75 bits per heavy atom. The Morgan fingerprint density at radius 1 is 1.50 bits per heavy atom. The van der Waals surface area contributed by atoms with Crippen LogP contribution in [0.3, 0.4) is 0 Å². The summed E-state index contributed by atoms with van der Waals surface area (Å²) in [6, 6.07) is 6.46. The quantitative estimate of drug-likeness (QED) is 0.720. The zero-order chi connectivity index (χ0) is 12.1. The number of nitrogens with two attached hydrogens (primary N) is 1. The number of benzene rings is 1. The number of amides is 1. The second-order valence-corrected chi connectivity index (χ2v) is 3.62. The molecule has 0 bridgehead atoms. The normalized spacial score (nSPS) is 12.3. The summed E-state index contributed by atoms with van der Waals surface area (Å²) in [6.07, 6.45) is 0. The molecule has 1 unspecified atom stereocenters. The summed E-state index contributed by atoms with van der Waals surface area (Å²) in [5, 5.41) is 1.56. The molecule has 1 atom stereocenters. The number of hydrogen-bond donors (Lipinski definition) is 2. The summed E-state index contributed by atoms with van der Waals surface area (Å²) >= 11 is 0. The van der Waals surface area contributed by atoms with Gasteiger partial charge < -0.3 is 10.5 Å². The Hall–Kier alpha value is -1.59. The van der Waals surface area contributed by atoms with Crippen molar-refractivity contribution in [2.45, 2.75) is 6.04 Å². The van der Waals surface area contributed by atoms with Gasteiger partial charge in [-0.3, -0.25) is 10.2 Å². The summed E-state index contributed by atoms with van der Waals surface area (Å²) in [5.41, 5.74) is 9.14. The Balaban J connectivity index is 2.79. The van der Waals surface area contributed by atoms with E-state index in [2.05, 4.69) is 5.43 Å². The predicted octanol–water partition coefficient (Wildman–Crippen LogP) is 0.288. The third-order valence-electron chi connectivity index (χ3n) is 2.07. The summed E-state index contributed by atoms with van der Waals surface area (Å²) in [4.78, 5) is 11.6. The van der Waals surface area contributed by atoms with Crippen LogP contribution in [0.5, 0.6) is 5.75 Å². The maximum absolute atomic E-state index is 11.6. The molecule has 0 radical (unpaired) electrons. The molecule has 0 aromatic heterocycles. The van der Waals surface area contributed by atoms with Crippen LogP contribution >= 0.6 is 0 Å². The molecule has 0 heterocycles. The smallest absolute Gasteiger partial charge is 0.255 e. The van der Waals surface area contributed by atoms with Crippen LogP contribution in [0.4, 0.5) is 0 Å². The molecule has 1 amide bonds. The second kappa shape index (κ2) is 5.48. The lowest BCUT2D eigenvalue weighted by molar-refractivity contribution is -0.126. The van der Waals surface area contributed by atoms with E-state index in [0.29, 0.717) is 5.75 Å². The van der Waals surface area contributed by atoms with Crippen LogP contribution in [-0.2, 0) is 4.79 Å². The highest BCUT2D eigenvalue weighted by molar-refractivity contribution is 5.82. The third-order valence-corrected chi connectivity index (χ3v) is 2.07. The largest absolute Gasteiger partial charge is 0.497 e. The van der Waals surface area contributed by atoms with Gasteiger partial charge in [0.05, 0.1) is 7.11 Å². The lowest BCUT2D eigenvalue weighted by Crippen LogP contribution is -2.41. The van der Waals surface area contributed by atoms with E-state index in [1.165, 1.54) is 0 Å². The van der Waals surface area contributed by atoms with Gasteiger partial charge in [-0.1, -0.05) is 12.1 Å². The minimum Gasteiger partial charge on any atom is -0.497 e. The number of hydrogen-bond acceptors (Lipinski definition) is 4. The molecule has 0 aliphatic rings. The molecule has 3 N–H and O–H groups in total. The Bertz CT molecular complexity index is 366. The molecule has 88 valence electrons. The monoisotopic (exact) mass is 223 g/mol. The first kappa shape index (κ1) is 12.5. The van der Waals surface area contributed by atoms with Gasteiger partial charge in [0.2, 0.25) is 0 Å². The van der Waals surface area contributed by atoms with Crippen LogP contribution in [0.25, 0.3) is 0 Å². The van der Waals surface area contributed by atoms with E-state index in [4.69, 9.17) is 10.5 Å². The number of carbonyl (C=O) groups is 1. The van der Waals surface area contributed by atoms with Crippen molar-refractivity contribution in [3.63, 3.8) is 0 Å². The molecule has 0 spiro atoms. The van der Waals surface area contributed by atoms with Gasteiger partial charge in [0, 0.05) is 14.1 Å². The molecule has 16 heavy (non-hydrogen) atoms. The molecule has 1 rings (SSSR count). The van der Waals surface area contributed by atoms with Crippen molar-refractivity contribution in [2.75, 3.05) is 21.2 Å². The molecule has 0 aliphatic carbocycles. The van der Waals surface area contributed by atoms with Crippen molar-refractivity contribution in [1.29, 1.82) is 0 Å². The van der Waals surface area contributed by atoms with Crippen LogP contribution in [0.2, 0.25) is 0 Å². The van der Waals surface area contributed by atoms with Gasteiger partial charge in [-0.2, -0.15) is 0 Å². The molecule has 0 fully saturated rings. The predicted molar refractivity (Wildman–Crippen MR) is 61.8 cm³/mol. The number of hydrazine groups is 1. The molecule has 5 heteroatoms. The first-order valence-electron chi connectivity index (χ1n) is 4.92. The van der Waals surface area contributed by atoms with Crippen molar-refractivity contribution >= 4 is 5.91 Å². The molecule has 0 saturated carbocycles. The van der Waals surface area contributed by atoms with Gasteiger partial charge in [-0.15, -0.1) is 0 Å². The Labute approximate surface area is 95.2 Å². The van der Waals surface area contributed by atoms with Gasteiger partial charge in [0.25, 0.3) is 5.91 Å². The highest BCUT2D eigenvalue weighted by Crippen LogP contribution is 2.17. The van der Waals surface area contributed by atoms with Crippen molar-refractivity contribution in [3.05, 3.63) is 29.8 Å². The number of nitrogens with one attached hydrogen (secondary N) is 1. The van der Waals surface area contributed by atoms with Crippen LogP contribution in [0.15, 0.2) is 24.3 Å². The topological polar surface area (TPSA) is 67.6 Å². The highest BCUT2D eigenvalue weighted by Gasteiger charge is 2.16. The molecule has 1 aromatic carbocycles. The minimum absolute atomic E-state index is 0.252. The van der Waals surface area contributed by atoms with Crippen molar-refractivity contribution in [1.82, 2.24) is 10.4 Å². The second-order valence-electron chi connectivity index (χ2n) is 3.62. The van der Waals surface area contributed by atoms with E-state index < -0.39 is 6.04 Å². The first-order chi connectivity index (χ1) is 7.54. The zero-order valence-corrected chi connectivity index (χ0v) is 9.73. The van der Waals surface area contributed by atoms with E-state index in [9.17, 15) is 4.79 Å². The fourth-order valence-electron chi connectivity index (χ4n) is 1.28. The average molecular weight is 223 g/mol. The van der Waals surface area contributed by atoms with E-state index in [-0.39, 0.29) is 5.91 Å². The zero-order valence-electron chi connectivity index (χ0n) is 9.73. The van der Waals surface area contributed by atoms with Gasteiger partial charge >= 0.3 is 0 Å². The van der Waals surface area contributed by atoms with Crippen LogP contribution in [-0.4, -0.2) is 32.1 Å². The number of carbonyl (C=O) groups excluding carboxylic acids is 1. The van der Waals surface area contributed by atoms with E-state index in [0.717, 1.165) is 5.56 Å².